The van der Waals surface area contributed by atoms with Crippen LogP contribution in [0.15, 0.2) is 54.7 Å². The summed E-state index contributed by atoms with van der Waals surface area (Å²) in [5.74, 6) is 1.15. The molecular weight excluding hydrogens is 505 g/mol. The minimum atomic E-state index is -4.49. The zero-order chi connectivity index (χ0) is 26.2. The van der Waals surface area contributed by atoms with Gasteiger partial charge in [0, 0.05) is 38.4 Å². The van der Waals surface area contributed by atoms with Gasteiger partial charge in [0.05, 0.1) is 33.9 Å². The zero-order valence-electron chi connectivity index (χ0n) is 20.1. The number of benzene rings is 2. The van der Waals surface area contributed by atoms with Gasteiger partial charge in [0.25, 0.3) is 0 Å². The number of nitrogens with zero attached hydrogens (tertiary/aromatic N) is 4. The number of pyridine rings is 1. The lowest BCUT2D eigenvalue weighted by molar-refractivity contribution is -0.137. The molecule has 5 rings (SSSR count). The van der Waals surface area contributed by atoms with E-state index in [9.17, 15) is 18.3 Å². The lowest BCUT2D eigenvalue weighted by Gasteiger charge is -2.40. The second-order valence-corrected chi connectivity index (χ2v) is 9.52. The van der Waals surface area contributed by atoms with E-state index in [0.717, 1.165) is 17.7 Å². The second kappa shape index (κ2) is 10.1. The monoisotopic (exact) mass is 530 g/mol. The highest BCUT2D eigenvalue weighted by Crippen LogP contribution is 2.36. The molecular formula is C26H26ClF3N6O. The molecule has 3 N–H and O–H groups in total. The van der Waals surface area contributed by atoms with Crippen LogP contribution in [0.2, 0.25) is 5.02 Å². The molecule has 1 saturated heterocycles. The van der Waals surface area contributed by atoms with Crippen LogP contribution < -0.4 is 15.1 Å². The molecule has 1 fully saturated rings. The highest BCUT2D eigenvalue weighted by molar-refractivity contribution is 6.33. The Kier molecular flexibility index (Phi) is 6.87. The van der Waals surface area contributed by atoms with Crippen LogP contribution in [0.5, 0.6) is 0 Å². The van der Waals surface area contributed by atoms with E-state index in [1.165, 1.54) is 0 Å². The van der Waals surface area contributed by atoms with E-state index < -0.39 is 11.7 Å². The number of anilines is 3. The van der Waals surface area contributed by atoms with Crippen molar-refractivity contribution in [3.63, 3.8) is 0 Å². The fourth-order valence-electron chi connectivity index (χ4n) is 4.59. The summed E-state index contributed by atoms with van der Waals surface area (Å²) in [6, 6.07) is 13.4. The Hall–Kier alpha value is -3.50. The first-order valence-electron chi connectivity index (χ1n) is 11.9. The standard InChI is InChI=1S/C26H26ClF3N6O/c1-16-14-35(24-20(27)9-18(15-37)13-32-24)7-8-36(16)25-33-22-11-19(26(28,29)30)10-21(23(22)34-25)31-12-17-5-3-2-4-6-17/h2-6,9-11,13,16,31,37H,7-8,12,14-15H2,1H3,(H,33,34)/t16-/m1/s1. The van der Waals surface area contributed by atoms with Crippen LogP contribution in [-0.2, 0) is 19.3 Å². The SMILES string of the molecule is C[C@@H]1CN(c2ncc(CO)cc2Cl)CCN1c1nc2cc(C(F)(F)F)cc(NCc3ccccc3)c2[nH]1. The quantitative estimate of drug-likeness (QED) is 0.308. The lowest BCUT2D eigenvalue weighted by atomic mass is 10.1. The van der Waals surface area contributed by atoms with Crippen LogP contribution in [0.25, 0.3) is 11.0 Å². The number of nitrogens with one attached hydrogen (secondary N) is 2. The first-order valence-corrected chi connectivity index (χ1v) is 12.3. The van der Waals surface area contributed by atoms with Crippen molar-refractivity contribution in [1.82, 2.24) is 15.0 Å². The van der Waals surface area contributed by atoms with Gasteiger partial charge < -0.3 is 25.2 Å². The van der Waals surface area contributed by atoms with Crippen molar-refractivity contribution < 1.29 is 18.3 Å². The van der Waals surface area contributed by atoms with Crippen molar-refractivity contribution in [3.05, 3.63) is 76.4 Å². The summed E-state index contributed by atoms with van der Waals surface area (Å²) >= 11 is 6.39. The number of aliphatic hydroxyl groups excluding tert-OH is 1. The van der Waals surface area contributed by atoms with E-state index in [-0.39, 0.29) is 18.2 Å². The second-order valence-electron chi connectivity index (χ2n) is 9.11. The summed E-state index contributed by atoms with van der Waals surface area (Å²) in [5, 5.41) is 12.9. The number of hydrogen-bond donors (Lipinski definition) is 3. The van der Waals surface area contributed by atoms with Crippen molar-refractivity contribution in [3.8, 4) is 0 Å². The number of halogens is 4. The van der Waals surface area contributed by atoms with Crippen LogP contribution in [0, 0.1) is 0 Å². The highest BCUT2D eigenvalue weighted by atomic mass is 35.5. The molecule has 7 nitrogen and oxygen atoms in total. The maximum Gasteiger partial charge on any atom is 0.416 e. The Morgan fingerprint density at radius 1 is 1.14 bits per heavy atom. The molecule has 0 aliphatic carbocycles. The van der Waals surface area contributed by atoms with Gasteiger partial charge >= 0.3 is 6.18 Å². The molecule has 2 aromatic carbocycles. The smallest absolute Gasteiger partial charge is 0.392 e. The van der Waals surface area contributed by atoms with E-state index >= 15 is 0 Å². The Morgan fingerprint density at radius 2 is 1.92 bits per heavy atom. The number of fused-ring (bicyclic) bond motifs is 1. The van der Waals surface area contributed by atoms with E-state index in [1.807, 2.05) is 42.2 Å². The number of aromatic nitrogens is 3. The first kappa shape index (κ1) is 25.2. The van der Waals surface area contributed by atoms with Crippen molar-refractivity contribution in [2.75, 3.05) is 34.8 Å². The summed E-state index contributed by atoms with van der Waals surface area (Å²) < 4.78 is 41.0. The summed E-state index contributed by atoms with van der Waals surface area (Å²) in [5.41, 5.74) is 1.96. The fourth-order valence-corrected chi connectivity index (χ4v) is 4.90. The fraction of sp³-hybridized carbons (Fsp3) is 0.308. The number of aliphatic hydroxyl groups is 1. The molecule has 194 valence electrons. The molecule has 0 saturated carbocycles. The van der Waals surface area contributed by atoms with Gasteiger partial charge in [0.1, 0.15) is 5.82 Å². The van der Waals surface area contributed by atoms with Gasteiger partial charge in [-0.15, -0.1) is 0 Å². The molecule has 1 aliphatic heterocycles. The summed E-state index contributed by atoms with van der Waals surface area (Å²) in [4.78, 5) is 16.3. The number of hydrogen-bond acceptors (Lipinski definition) is 6. The molecule has 11 heteroatoms. The number of rotatable bonds is 6. The van der Waals surface area contributed by atoms with Crippen molar-refractivity contribution in [2.45, 2.75) is 32.3 Å². The minimum absolute atomic E-state index is 0.0208. The zero-order valence-corrected chi connectivity index (χ0v) is 20.8. The van der Waals surface area contributed by atoms with Crippen molar-refractivity contribution in [1.29, 1.82) is 0 Å². The van der Waals surface area contributed by atoms with E-state index in [4.69, 9.17) is 11.6 Å². The number of aromatic amines is 1. The predicted molar refractivity (Wildman–Crippen MR) is 139 cm³/mol. The van der Waals surface area contributed by atoms with E-state index in [0.29, 0.717) is 59.7 Å². The van der Waals surface area contributed by atoms with Crippen LogP contribution in [-0.4, -0.2) is 45.7 Å². The first-order chi connectivity index (χ1) is 17.7. The van der Waals surface area contributed by atoms with Crippen LogP contribution in [0.1, 0.15) is 23.6 Å². The lowest BCUT2D eigenvalue weighted by Crippen LogP contribution is -2.52. The summed E-state index contributed by atoms with van der Waals surface area (Å²) in [7, 11) is 0. The Morgan fingerprint density at radius 3 is 2.59 bits per heavy atom. The van der Waals surface area contributed by atoms with Crippen molar-refractivity contribution >= 4 is 40.1 Å². The number of piperazine rings is 1. The molecule has 2 aromatic heterocycles. The maximum absolute atomic E-state index is 13.7. The minimum Gasteiger partial charge on any atom is -0.392 e. The van der Waals surface area contributed by atoms with Crippen molar-refractivity contribution in [2.24, 2.45) is 0 Å². The Bertz CT molecular complexity index is 1390. The molecule has 0 spiro atoms. The maximum atomic E-state index is 13.7. The van der Waals surface area contributed by atoms with Gasteiger partial charge in [-0.3, -0.25) is 0 Å². The summed E-state index contributed by atoms with van der Waals surface area (Å²) in [6.07, 6.45) is -2.90. The third-order valence-corrected chi connectivity index (χ3v) is 6.77. The molecule has 3 heterocycles. The largest absolute Gasteiger partial charge is 0.416 e. The third-order valence-electron chi connectivity index (χ3n) is 6.49. The van der Waals surface area contributed by atoms with Crippen LogP contribution in [0.4, 0.5) is 30.6 Å². The number of H-pyrrole nitrogens is 1. The third kappa shape index (κ3) is 5.30. The Balaban J connectivity index is 1.41. The average molecular weight is 531 g/mol. The van der Waals surface area contributed by atoms with Crippen LogP contribution >= 0.6 is 11.6 Å². The van der Waals surface area contributed by atoms with Gasteiger partial charge in [0.15, 0.2) is 0 Å². The summed E-state index contributed by atoms with van der Waals surface area (Å²) in [6.45, 7) is 4.02. The van der Waals surface area contributed by atoms with E-state index in [2.05, 4.69) is 25.2 Å². The molecule has 0 unspecified atom stereocenters. The van der Waals surface area contributed by atoms with E-state index in [1.54, 1.807) is 12.3 Å². The van der Waals surface area contributed by atoms with Gasteiger partial charge in [-0.1, -0.05) is 41.9 Å². The Labute approximate surface area is 216 Å². The number of imidazole rings is 1. The molecule has 37 heavy (non-hydrogen) atoms. The molecule has 1 aliphatic rings. The van der Waals surface area contributed by atoms with Gasteiger partial charge in [-0.05, 0) is 36.2 Å². The molecule has 4 aromatic rings. The topological polar surface area (TPSA) is 80.3 Å². The molecule has 0 radical (unpaired) electrons. The molecule has 0 bridgehead atoms. The highest BCUT2D eigenvalue weighted by Gasteiger charge is 2.33. The van der Waals surface area contributed by atoms with Gasteiger partial charge in [-0.25, -0.2) is 9.97 Å². The molecule has 0 amide bonds. The predicted octanol–water partition coefficient (Wildman–Crippen LogP) is 5.45. The average Bonchev–Trinajstić information content (AvgIpc) is 3.31. The van der Waals surface area contributed by atoms with Gasteiger partial charge in [-0.2, -0.15) is 13.2 Å². The van der Waals surface area contributed by atoms with Gasteiger partial charge in [0.2, 0.25) is 5.95 Å². The normalized spacial score (nSPS) is 16.4. The number of alkyl halides is 3. The molecule has 1 atom stereocenters. The van der Waals surface area contributed by atoms with Crippen LogP contribution in [0.3, 0.4) is 0 Å².